The smallest absolute Gasteiger partial charge is 0.365 e. The molecule has 0 fully saturated rings. The van der Waals surface area contributed by atoms with E-state index in [9.17, 15) is 27.9 Å². The van der Waals surface area contributed by atoms with Gasteiger partial charge in [0, 0.05) is 29.7 Å². The van der Waals surface area contributed by atoms with Crippen LogP contribution in [0.15, 0.2) is 113 Å². The molecule has 1 amide bonds. The van der Waals surface area contributed by atoms with Crippen LogP contribution in [-0.2, 0) is 17.4 Å². The molecule has 0 saturated heterocycles. The third-order valence-electron chi connectivity index (χ3n) is 7.53. The van der Waals surface area contributed by atoms with Gasteiger partial charge < -0.3 is 10.4 Å². The van der Waals surface area contributed by atoms with Gasteiger partial charge in [-0.1, -0.05) is 91.9 Å². The number of aliphatic imine (C=N–C) groups is 1. The number of para-hydroxylation sites is 1. The Hall–Kier alpha value is -5.35. The summed E-state index contributed by atoms with van der Waals surface area (Å²) in [4.78, 5) is 35.5. The fourth-order valence-electron chi connectivity index (χ4n) is 5.43. The van der Waals surface area contributed by atoms with Crippen LogP contribution >= 0.6 is 0 Å². The molecule has 1 unspecified atom stereocenters. The Morgan fingerprint density at radius 2 is 1.56 bits per heavy atom. The summed E-state index contributed by atoms with van der Waals surface area (Å²) < 4.78 is 44.9. The molecule has 2 heterocycles. The van der Waals surface area contributed by atoms with Gasteiger partial charge in [0.15, 0.2) is 5.82 Å². The highest BCUT2D eigenvalue weighted by Crippen LogP contribution is 2.39. The average Bonchev–Trinajstić information content (AvgIpc) is 3.16. The minimum Gasteiger partial charge on any atom is -0.365 e. The summed E-state index contributed by atoms with van der Waals surface area (Å²) in [6.45, 7) is 1.71. The molecule has 5 aromatic rings. The van der Waals surface area contributed by atoms with Gasteiger partial charge >= 0.3 is 6.18 Å². The highest BCUT2D eigenvalue weighted by Gasteiger charge is 2.39. The summed E-state index contributed by atoms with van der Waals surface area (Å²) in [5.41, 5.74) is 0.302. The Bertz CT molecular complexity index is 1970. The number of rotatable bonds is 6. The fourth-order valence-corrected chi connectivity index (χ4v) is 5.43. The normalized spacial score (nSPS) is 14.2. The zero-order valence-corrected chi connectivity index (χ0v) is 24.0. The minimum absolute atomic E-state index is 0.00769. The molecule has 0 spiro atoms. The van der Waals surface area contributed by atoms with Crippen LogP contribution in [-0.4, -0.2) is 26.3 Å². The van der Waals surface area contributed by atoms with E-state index in [1.165, 1.54) is 12.1 Å². The van der Waals surface area contributed by atoms with Crippen LogP contribution in [0.3, 0.4) is 0 Å². The van der Waals surface area contributed by atoms with Crippen LogP contribution in [0, 0.1) is 0 Å². The van der Waals surface area contributed by atoms with E-state index >= 15 is 0 Å². The maximum atomic E-state index is 14.7. The van der Waals surface area contributed by atoms with Gasteiger partial charge in [-0.3, -0.25) is 14.2 Å². The molecule has 2 N–H and O–H groups in total. The molecule has 1 aliphatic rings. The van der Waals surface area contributed by atoms with Gasteiger partial charge in [0.25, 0.3) is 5.56 Å². The zero-order chi connectivity index (χ0) is 31.7. The molecule has 1 aromatic heterocycles. The number of aromatic nitrogens is 2. The number of nitrogens with zero attached hydrogens (tertiary/aromatic N) is 3. The third-order valence-corrected chi connectivity index (χ3v) is 7.53. The first-order chi connectivity index (χ1) is 21.7. The number of carbonyl (C=O) groups excluding carboxylic acids is 1. The standard InChI is InChI=1S/C35H27F3N4O3/c1-2-28(43)39-24-18-16-23(17-19-24)30-25-14-9-15-26(35(36,37)38)31(25)42-32(33(44)41-30)40-27(20-21-10-5-3-6-11-21)29(34(42)45)22-12-7-4-8-13-22/h3-19,33,44H,2,20H2,1H3,(H,39,43). The molecule has 4 aromatic carbocycles. The van der Waals surface area contributed by atoms with Gasteiger partial charge in [-0.2, -0.15) is 13.2 Å². The number of benzene rings is 4. The Labute approximate surface area is 256 Å². The number of halogens is 3. The summed E-state index contributed by atoms with van der Waals surface area (Å²) in [5, 5.41) is 14.2. The van der Waals surface area contributed by atoms with Crippen LogP contribution < -0.4 is 10.9 Å². The lowest BCUT2D eigenvalue weighted by Crippen LogP contribution is -2.30. The fraction of sp³-hybridized carbons (Fsp3) is 0.143. The molecule has 0 aliphatic carbocycles. The number of fused-ring (bicyclic) bond motifs is 3. The number of aliphatic hydroxyl groups is 1. The van der Waals surface area contributed by atoms with Gasteiger partial charge in [0.05, 0.1) is 28.2 Å². The van der Waals surface area contributed by atoms with Gasteiger partial charge in [-0.15, -0.1) is 0 Å². The number of carbonyl (C=O) groups is 1. The van der Waals surface area contributed by atoms with E-state index in [1.807, 2.05) is 30.3 Å². The van der Waals surface area contributed by atoms with E-state index in [2.05, 4.69) is 15.3 Å². The molecule has 0 radical (unpaired) electrons. The molecule has 45 heavy (non-hydrogen) atoms. The van der Waals surface area contributed by atoms with Crippen molar-refractivity contribution >= 4 is 17.3 Å². The minimum atomic E-state index is -4.85. The summed E-state index contributed by atoms with van der Waals surface area (Å²) in [7, 11) is 0. The first-order valence-electron chi connectivity index (χ1n) is 14.3. The van der Waals surface area contributed by atoms with Crippen LogP contribution in [0.2, 0.25) is 0 Å². The van der Waals surface area contributed by atoms with Crippen molar-refractivity contribution in [2.24, 2.45) is 4.99 Å². The van der Waals surface area contributed by atoms with Crippen molar-refractivity contribution in [3.63, 3.8) is 0 Å². The van der Waals surface area contributed by atoms with E-state index in [-0.39, 0.29) is 41.4 Å². The van der Waals surface area contributed by atoms with Gasteiger partial charge in [0.1, 0.15) is 0 Å². The van der Waals surface area contributed by atoms with Crippen molar-refractivity contribution in [2.75, 3.05) is 5.32 Å². The molecule has 10 heteroatoms. The number of nitrogens with one attached hydrogen (secondary N) is 1. The molecule has 1 aliphatic heterocycles. The largest absolute Gasteiger partial charge is 0.418 e. The van der Waals surface area contributed by atoms with Crippen LogP contribution in [0.5, 0.6) is 0 Å². The topological polar surface area (TPSA) is 96.6 Å². The van der Waals surface area contributed by atoms with Crippen molar-refractivity contribution in [3.8, 4) is 16.8 Å². The molecule has 226 valence electrons. The Morgan fingerprint density at radius 1 is 0.889 bits per heavy atom. The molecule has 0 bridgehead atoms. The van der Waals surface area contributed by atoms with E-state index in [1.54, 1.807) is 61.5 Å². The monoisotopic (exact) mass is 608 g/mol. The second-order valence-electron chi connectivity index (χ2n) is 10.5. The second-order valence-corrected chi connectivity index (χ2v) is 10.5. The van der Waals surface area contributed by atoms with Gasteiger partial charge in [0.2, 0.25) is 12.1 Å². The first-order valence-corrected chi connectivity index (χ1v) is 14.3. The molecule has 0 saturated carbocycles. The maximum absolute atomic E-state index is 14.7. The molecule has 7 nitrogen and oxygen atoms in total. The number of hydrogen-bond acceptors (Lipinski definition) is 5. The van der Waals surface area contributed by atoms with E-state index in [0.29, 0.717) is 22.5 Å². The SMILES string of the molecule is CCC(=O)Nc1ccc(C2=NC(O)c3nc(Cc4ccccc4)c(-c4ccccc4)c(=O)n3-c3c2cccc3C(F)(F)F)cc1. The Morgan fingerprint density at radius 3 is 2.20 bits per heavy atom. The van der Waals surface area contributed by atoms with Crippen molar-refractivity contribution in [1.29, 1.82) is 0 Å². The highest BCUT2D eigenvalue weighted by atomic mass is 19.4. The summed E-state index contributed by atoms with van der Waals surface area (Å²) in [6, 6.07) is 27.8. The molecular formula is C35H27F3N4O3. The second kappa shape index (κ2) is 12.0. The average molecular weight is 609 g/mol. The Kier molecular flexibility index (Phi) is 7.90. The van der Waals surface area contributed by atoms with Crippen LogP contribution in [0.1, 0.15) is 53.3 Å². The third kappa shape index (κ3) is 5.80. The van der Waals surface area contributed by atoms with E-state index in [0.717, 1.165) is 16.2 Å². The number of anilines is 1. The predicted octanol–water partition coefficient (Wildman–Crippen LogP) is 6.70. The number of amides is 1. The maximum Gasteiger partial charge on any atom is 0.418 e. The van der Waals surface area contributed by atoms with Crippen molar-refractivity contribution in [1.82, 2.24) is 9.55 Å². The van der Waals surface area contributed by atoms with E-state index < -0.39 is 29.2 Å². The summed E-state index contributed by atoms with van der Waals surface area (Å²) in [5.74, 6) is -0.531. The number of alkyl halides is 3. The Balaban J connectivity index is 1.64. The number of aliphatic hydroxyl groups excluding tert-OH is 1. The van der Waals surface area contributed by atoms with Crippen LogP contribution in [0.25, 0.3) is 16.8 Å². The van der Waals surface area contributed by atoms with Crippen LogP contribution in [0.4, 0.5) is 18.9 Å². The lowest BCUT2D eigenvalue weighted by Gasteiger charge is -2.21. The van der Waals surface area contributed by atoms with Gasteiger partial charge in [-0.05, 0) is 29.3 Å². The lowest BCUT2D eigenvalue weighted by molar-refractivity contribution is -0.137. The first kappa shape index (κ1) is 29.7. The van der Waals surface area contributed by atoms with E-state index in [4.69, 9.17) is 0 Å². The highest BCUT2D eigenvalue weighted by molar-refractivity contribution is 6.15. The summed E-state index contributed by atoms with van der Waals surface area (Å²) in [6.07, 6.45) is -6.17. The van der Waals surface area contributed by atoms with Crippen molar-refractivity contribution in [2.45, 2.75) is 32.2 Å². The molecular weight excluding hydrogens is 581 g/mol. The summed E-state index contributed by atoms with van der Waals surface area (Å²) >= 11 is 0. The van der Waals surface area contributed by atoms with Gasteiger partial charge in [-0.25, -0.2) is 9.98 Å². The van der Waals surface area contributed by atoms with Crippen molar-refractivity contribution < 1.29 is 23.1 Å². The lowest BCUT2D eigenvalue weighted by atomic mass is 9.96. The molecule has 6 rings (SSSR count). The van der Waals surface area contributed by atoms with Crippen molar-refractivity contribution in [3.05, 3.63) is 147 Å². The zero-order valence-electron chi connectivity index (χ0n) is 24.0. The number of hydrogen-bond donors (Lipinski definition) is 2. The quantitative estimate of drug-likeness (QED) is 0.224. The predicted molar refractivity (Wildman–Crippen MR) is 165 cm³/mol. The molecule has 1 atom stereocenters.